The zero-order valence-electron chi connectivity index (χ0n) is 15.7. The molecular formula is C22H15ClF2N2O3. The average molecular weight is 429 g/mol. The third kappa shape index (κ3) is 3.27. The van der Waals surface area contributed by atoms with Gasteiger partial charge in [-0.3, -0.25) is 4.68 Å². The van der Waals surface area contributed by atoms with E-state index in [1.54, 1.807) is 12.1 Å². The van der Waals surface area contributed by atoms with Crippen LogP contribution in [-0.4, -0.2) is 26.0 Å². The Hall–Kier alpha value is -3.45. The van der Waals surface area contributed by atoms with E-state index >= 15 is 0 Å². The number of fused-ring (bicyclic) bond motifs is 1. The van der Waals surface area contributed by atoms with Crippen LogP contribution in [0, 0.1) is 18.6 Å². The molecule has 0 atom stereocenters. The molecule has 0 spiro atoms. The zero-order chi connectivity index (χ0) is 21.6. The van der Waals surface area contributed by atoms with Crippen LogP contribution in [0.15, 0.2) is 48.5 Å². The van der Waals surface area contributed by atoms with E-state index in [2.05, 4.69) is 5.10 Å². The molecule has 4 aromatic rings. The molecule has 2 N–H and O–H groups in total. The van der Waals surface area contributed by atoms with Crippen LogP contribution in [0.2, 0.25) is 5.02 Å². The number of phenols is 1. The number of rotatable bonds is 4. The summed E-state index contributed by atoms with van der Waals surface area (Å²) < 4.78 is 31.0. The second-order valence-corrected chi connectivity index (χ2v) is 7.24. The minimum atomic E-state index is -1.48. The highest BCUT2D eigenvalue weighted by Gasteiger charge is 2.22. The Morgan fingerprint density at radius 2 is 1.87 bits per heavy atom. The van der Waals surface area contributed by atoms with E-state index in [0.717, 1.165) is 17.2 Å². The third-order valence-corrected chi connectivity index (χ3v) is 5.31. The topological polar surface area (TPSA) is 75.3 Å². The van der Waals surface area contributed by atoms with Crippen molar-refractivity contribution < 1.29 is 23.8 Å². The smallest absolute Gasteiger partial charge is 0.339 e. The molecule has 0 saturated heterocycles. The van der Waals surface area contributed by atoms with E-state index in [9.17, 15) is 18.7 Å². The predicted octanol–water partition coefficient (Wildman–Crippen LogP) is 5.40. The Labute approximate surface area is 174 Å². The van der Waals surface area contributed by atoms with Crippen molar-refractivity contribution in [1.82, 2.24) is 9.78 Å². The molecular weight excluding hydrogens is 414 g/mol. The standard InChI is InChI=1S/C22H15ClF2N2O3/c1-11-4-2-5-15(23)14(11)10-27-18-7-3-6-16(24)20(18)21(26-27)12-9-19(28)13(22(29)30)8-17(12)25/h2-9,28H,10H2,1H3,(H,29,30). The molecule has 8 heteroatoms. The predicted molar refractivity (Wildman–Crippen MR) is 109 cm³/mol. The number of aromatic nitrogens is 2. The first kappa shape index (κ1) is 19.8. The molecule has 152 valence electrons. The summed E-state index contributed by atoms with van der Waals surface area (Å²) in [6, 6.07) is 11.5. The van der Waals surface area contributed by atoms with Crippen LogP contribution < -0.4 is 0 Å². The minimum absolute atomic E-state index is 0.0439. The van der Waals surface area contributed by atoms with Crippen molar-refractivity contribution in [1.29, 1.82) is 0 Å². The van der Waals surface area contributed by atoms with Crippen LogP contribution in [0.3, 0.4) is 0 Å². The highest BCUT2D eigenvalue weighted by Crippen LogP contribution is 2.35. The van der Waals surface area contributed by atoms with Crippen LogP contribution >= 0.6 is 11.6 Å². The number of aryl methyl sites for hydroxylation is 1. The fourth-order valence-corrected chi connectivity index (χ4v) is 3.71. The van der Waals surface area contributed by atoms with Crippen molar-refractivity contribution in [2.75, 3.05) is 0 Å². The Bertz CT molecular complexity index is 1300. The Kier molecular flexibility index (Phi) is 4.91. The monoisotopic (exact) mass is 428 g/mol. The van der Waals surface area contributed by atoms with E-state index < -0.39 is 28.9 Å². The second kappa shape index (κ2) is 7.42. The van der Waals surface area contributed by atoms with Crippen molar-refractivity contribution in [3.8, 4) is 17.0 Å². The lowest BCUT2D eigenvalue weighted by atomic mass is 10.0. The summed E-state index contributed by atoms with van der Waals surface area (Å²) >= 11 is 6.31. The summed E-state index contributed by atoms with van der Waals surface area (Å²) in [7, 11) is 0. The number of carbonyl (C=O) groups is 1. The maximum atomic E-state index is 14.7. The molecule has 30 heavy (non-hydrogen) atoms. The third-order valence-electron chi connectivity index (χ3n) is 4.96. The van der Waals surface area contributed by atoms with Crippen LogP contribution in [0.5, 0.6) is 5.75 Å². The normalized spacial score (nSPS) is 11.2. The van der Waals surface area contributed by atoms with Gasteiger partial charge in [0.25, 0.3) is 0 Å². The Morgan fingerprint density at radius 1 is 1.13 bits per heavy atom. The number of hydrogen-bond acceptors (Lipinski definition) is 3. The van der Waals surface area contributed by atoms with Gasteiger partial charge in [-0.1, -0.05) is 29.8 Å². The Balaban J connectivity index is 1.95. The molecule has 3 aromatic carbocycles. The average Bonchev–Trinajstić information content (AvgIpc) is 3.06. The van der Waals surface area contributed by atoms with Gasteiger partial charge in [-0.15, -0.1) is 0 Å². The van der Waals surface area contributed by atoms with E-state index in [0.29, 0.717) is 16.6 Å². The number of carboxylic acids is 1. The summed E-state index contributed by atoms with van der Waals surface area (Å²) in [5, 5.41) is 24.1. The molecule has 0 aliphatic heterocycles. The molecule has 0 bridgehead atoms. The SMILES string of the molecule is Cc1cccc(Cl)c1Cn1nc(-c2cc(O)c(C(=O)O)cc2F)c2c(F)cccc21. The van der Waals surface area contributed by atoms with Gasteiger partial charge >= 0.3 is 5.97 Å². The maximum absolute atomic E-state index is 14.7. The number of hydrogen-bond donors (Lipinski definition) is 2. The summed E-state index contributed by atoms with van der Waals surface area (Å²) in [6.45, 7) is 2.10. The summed E-state index contributed by atoms with van der Waals surface area (Å²) in [5.74, 6) is -3.67. The van der Waals surface area contributed by atoms with Gasteiger partial charge in [0, 0.05) is 10.6 Å². The molecule has 0 amide bonds. The molecule has 4 rings (SSSR count). The summed E-state index contributed by atoms with van der Waals surface area (Å²) in [6.07, 6.45) is 0. The Morgan fingerprint density at radius 3 is 2.57 bits per heavy atom. The highest BCUT2D eigenvalue weighted by molar-refractivity contribution is 6.31. The van der Waals surface area contributed by atoms with Gasteiger partial charge in [-0.05, 0) is 48.4 Å². The number of nitrogens with zero attached hydrogens (tertiary/aromatic N) is 2. The summed E-state index contributed by atoms with van der Waals surface area (Å²) in [4.78, 5) is 11.1. The maximum Gasteiger partial charge on any atom is 0.339 e. The van der Waals surface area contributed by atoms with Crippen LogP contribution in [0.1, 0.15) is 21.5 Å². The highest BCUT2D eigenvalue weighted by atomic mass is 35.5. The van der Waals surface area contributed by atoms with Gasteiger partial charge in [0.05, 0.1) is 17.4 Å². The van der Waals surface area contributed by atoms with E-state index in [1.807, 2.05) is 19.1 Å². The molecule has 0 fully saturated rings. The van der Waals surface area contributed by atoms with Crippen molar-refractivity contribution in [2.45, 2.75) is 13.5 Å². The van der Waals surface area contributed by atoms with Gasteiger partial charge in [-0.2, -0.15) is 5.10 Å². The van der Waals surface area contributed by atoms with Crippen molar-refractivity contribution in [3.05, 3.63) is 81.9 Å². The molecule has 0 radical (unpaired) electrons. The van der Waals surface area contributed by atoms with E-state index in [-0.39, 0.29) is 23.2 Å². The van der Waals surface area contributed by atoms with Crippen molar-refractivity contribution in [2.24, 2.45) is 0 Å². The molecule has 0 unspecified atom stereocenters. The largest absolute Gasteiger partial charge is 0.507 e. The van der Waals surface area contributed by atoms with E-state index in [4.69, 9.17) is 16.7 Å². The molecule has 1 heterocycles. The number of carboxylic acid groups (broad SMARTS) is 1. The van der Waals surface area contributed by atoms with Gasteiger partial charge in [0.1, 0.15) is 28.6 Å². The van der Waals surface area contributed by atoms with Gasteiger partial charge in [-0.25, -0.2) is 13.6 Å². The first-order valence-electron chi connectivity index (χ1n) is 8.93. The van der Waals surface area contributed by atoms with Crippen LogP contribution in [0.25, 0.3) is 22.2 Å². The van der Waals surface area contributed by atoms with Crippen LogP contribution in [0.4, 0.5) is 8.78 Å². The first-order valence-corrected chi connectivity index (χ1v) is 9.31. The number of aromatic carboxylic acids is 1. The second-order valence-electron chi connectivity index (χ2n) is 6.83. The lowest BCUT2D eigenvalue weighted by Gasteiger charge is -2.09. The lowest BCUT2D eigenvalue weighted by Crippen LogP contribution is -2.04. The number of aromatic hydroxyl groups is 1. The first-order chi connectivity index (χ1) is 14.3. The zero-order valence-corrected chi connectivity index (χ0v) is 16.4. The fraction of sp³-hybridized carbons (Fsp3) is 0.0909. The van der Waals surface area contributed by atoms with E-state index in [1.165, 1.54) is 16.8 Å². The lowest BCUT2D eigenvalue weighted by molar-refractivity contribution is 0.0693. The van der Waals surface area contributed by atoms with Gasteiger partial charge in [0.15, 0.2) is 0 Å². The molecule has 5 nitrogen and oxygen atoms in total. The van der Waals surface area contributed by atoms with Crippen LogP contribution in [-0.2, 0) is 6.54 Å². The van der Waals surface area contributed by atoms with Crippen molar-refractivity contribution in [3.63, 3.8) is 0 Å². The van der Waals surface area contributed by atoms with Gasteiger partial charge < -0.3 is 10.2 Å². The number of benzene rings is 3. The fourth-order valence-electron chi connectivity index (χ4n) is 3.43. The van der Waals surface area contributed by atoms with Crippen molar-refractivity contribution >= 4 is 28.5 Å². The molecule has 0 saturated carbocycles. The summed E-state index contributed by atoms with van der Waals surface area (Å²) in [5.41, 5.74) is 1.26. The molecule has 0 aliphatic rings. The quantitative estimate of drug-likeness (QED) is 0.456. The number of halogens is 3. The van der Waals surface area contributed by atoms with Gasteiger partial charge in [0.2, 0.25) is 0 Å². The minimum Gasteiger partial charge on any atom is -0.507 e. The molecule has 0 aliphatic carbocycles. The molecule has 1 aromatic heterocycles.